The molecule has 0 spiro atoms. The molecule has 4 aromatic rings. The van der Waals surface area contributed by atoms with E-state index in [1.54, 1.807) is 0 Å². The molecular weight excluding hydrogens is 338 g/mol. The molecule has 0 saturated carbocycles. The fourth-order valence-electron chi connectivity index (χ4n) is 3.15. The fraction of sp³-hybridized carbons (Fsp3) is 0.182. The number of aryl methyl sites for hydroxylation is 1. The van der Waals surface area contributed by atoms with Gasteiger partial charge in [0.05, 0.1) is 12.1 Å². The second-order valence-electron chi connectivity index (χ2n) is 6.68. The molecule has 2 heterocycles. The van der Waals surface area contributed by atoms with Crippen LogP contribution in [0.25, 0.3) is 22.2 Å². The predicted octanol–water partition coefficient (Wildman–Crippen LogP) is 4.03. The second kappa shape index (κ2) is 7.50. The Hall–Kier alpha value is -3.34. The van der Waals surface area contributed by atoms with Gasteiger partial charge in [0.1, 0.15) is 0 Å². The molecule has 4 rings (SSSR count). The number of nitrogens with one attached hydrogen (secondary N) is 2. The van der Waals surface area contributed by atoms with Gasteiger partial charge in [-0.3, -0.25) is 4.79 Å². The van der Waals surface area contributed by atoms with Gasteiger partial charge in [-0.2, -0.15) is 0 Å². The van der Waals surface area contributed by atoms with Gasteiger partial charge in [0, 0.05) is 35.3 Å². The van der Waals surface area contributed by atoms with E-state index in [1.165, 1.54) is 16.5 Å². The van der Waals surface area contributed by atoms with E-state index < -0.39 is 0 Å². The molecule has 0 unspecified atom stereocenters. The molecule has 27 heavy (non-hydrogen) atoms. The second-order valence-corrected chi connectivity index (χ2v) is 6.68. The minimum absolute atomic E-state index is 0.0569. The molecule has 0 aliphatic heterocycles. The SMILES string of the molecule is Cc1ccc(-c2cc(CC(=O)NCCc3c[nH]c4ccccc34)no2)cc1. The minimum atomic E-state index is -0.0569. The van der Waals surface area contributed by atoms with Crippen molar-refractivity contribution in [1.82, 2.24) is 15.5 Å². The number of aromatic amines is 1. The number of amides is 1. The van der Waals surface area contributed by atoms with Crippen LogP contribution < -0.4 is 5.32 Å². The lowest BCUT2D eigenvalue weighted by Crippen LogP contribution is -2.27. The zero-order valence-electron chi connectivity index (χ0n) is 15.2. The first kappa shape index (κ1) is 17.1. The first-order valence-electron chi connectivity index (χ1n) is 9.03. The maximum absolute atomic E-state index is 12.2. The molecule has 5 nitrogen and oxygen atoms in total. The van der Waals surface area contributed by atoms with Crippen LogP contribution in [-0.2, 0) is 17.6 Å². The van der Waals surface area contributed by atoms with E-state index >= 15 is 0 Å². The highest BCUT2D eigenvalue weighted by Crippen LogP contribution is 2.21. The Morgan fingerprint density at radius 2 is 1.96 bits per heavy atom. The van der Waals surface area contributed by atoms with Crippen molar-refractivity contribution in [2.24, 2.45) is 0 Å². The summed E-state index contributed by atoms with van der Waals surface area (Å²) in [5.41, 5.74) is 5.10. The van der Waals surface area contributed by atoms with Crippen molar-refractivity contribution in [3.63, 3.8) is 0 Å². The van der Waals surface area contributed by atoms with Gasteiger partial charge in [0.15, 0.2) is 5.76 Å². The first-order valence-corrected chi connectivity index (χ1v) is 9.03. The molecule has 2 aromatic carbocycles. The molecule has 0 bridgehead atoms. The smallest absolute Gasteiger partial charge is 0.226 e. The van der Waals surface area contributed by atoms with E-state index in [1.807, 2.05) is 61.7 Å². The maximum Gasteiger partial charge on any atom is 0.226 e. The lowest BCUT2D eigenvalue weighted by Gasteiger charge is -2.03. The van der Waals surface area contributed by atoms with Crippen molar-refractivity contribution >= 4 is 16.8 Å². The standard InChI is InChI=1S/C22H21N3O2/c1-15-6-8-16(9-7-15)21-12-18(25-27-21)13-22(26)23-11-10-17-14-24-20-5-3-2-4-19(17)20/h2-9,12,14,24H,10-11,13H2,1H3,(H,23,26). The number of carbonyl (C=O) groups is 1. The van der Waals surface area contributed by atoms with Crippen LogP contribution >= 0.6 is 0 Å². The number of hydrogen-bond donors (Lipinski definition) is 2. The third-order valence-corrected chi connectivity index (χ3v) is 4.63. The molecule has 136 valence electrons. The Bertz CT molecular complexity index is 1060. The minimum Gasteiger partial charge on any atom is -0.361 e. The Balaban J connectivity index is 1.31. The van der Waals surface area contributed by atoms with E-state index in [2.05, 4.69) is 21.5 Å². The molecule has 5 heteroatoms. The van der Waals surface area contributed by atoms with Crippen LogP contribution in [0, 0.1) is 6.92 Å². The van der Waals surface area contributed by atoms with E-state index in [4.69, 9.17) is 4.52 Å². The van der Waals surface area contributed by atoms with Crippen LogP contribution in [0.15, 0.2) is 65.3 Å². The number of para-hydroxylation sites is 1. The van der Waals surface area contributed by atoms with Gasteiger partial charge in [-0.25, -0.2) is 0 Å². The molecule has 0 saturated heterocycles. The largest absolute Gasteiger partial charge is 0.361 e. The summed E-state index contributed by atoms with van der Waals surface area (Å²) in [5.74, 6) is 0.621. The molecule has 1 amide bonds. The third kappa shape index (κ3) is 3.92. The number of H-pyrrole nitrogens is 1. The van der Waals surface area contributed by atoms with Crippen LogP contribution in [-0.4, -0.2) is 22.6 Å². The Morgan fingerprint density at radius 3 is 2.81 bits per heavy atom. The average molecular weight is 359 g/mol. The predicted molar refractivity (Wildman–Crippen MR) is 105 cm³/mol. The molecule has 2 N–H and O–H groups in total. The molecule has 2 aromatic heterocycles. The zero-order chi connectivity index (χ0) is 18.6. The van der Waals surface area contributed by atoms with Gasteiger partial charge in [0.2, 0.25) is 5.91 Å². The highest BCUT2D eigenvalue weighted by Gasteiger charge is 2.11. The van der Waals surface area contributed by atoms with E-state index in [-0.39, 0.29) is 12.3 Å². The van der Waals surface area contributed by atoms with E-state index in [0.717, 1.165) is 17.5 Å². The molecular formula is C22H21N3O2. The summed E-state index contributed by atoms with van der Waals surface area (Å²) in [4.78, 5) is 15.4. The van der Waals surface area contributed by atoms with Gasteiger partial charge < -0.3 is 14.8 Å². The lowest BCUT2D eigenvalue weighted by atomic mass is 10.1. The first-order chi connectivity index (χ1) is 13.2. The highest BCUT2D eigenvalue weighted by atomic mass is 16.5. The lowest BCUT2D eigenvalue weighted by molar-refractivity contribution is -0.120. The fourth-order valence-corrected chi connectivity index (χ4v) is 3.15. The van der Waals surface area contributed by atoms with Crippen LogP contribution in [0.5, 0.6) is 0 Å². The summed E-state index contributed by atoms with van der Waals surface area (Å²) in [6.45, 7) is 2.62. The molecule has 0 fully saturated rings. The van der Waals surface area contributed by atoms with Crippen LogP contribution in [0.3, 0.4) is 0 Å². The monoisotopic (exact) mass is 359 g/mol. The normalized spacial score (nSPS) is 11.0. The summed E-state index contributed by atoms with van der Waals surface area (Å²) in [5, 5.41) is 8.17. The number of fused-ring (bicyclic) bond motifs is 1. The van der Waals surface area contributed by atoms with Crippen molar-refractivity contribution in [2.45, 2.75) is 19.8 Å². The van der Waals surface area contributed by atoms with Gasteiger partial charge in [-0.05, 0) is 25.0 Å². The zero-order valence-corrected chi connectivity index (χ0v) is 15.2. The van der Waals surface area contributed by atoms with Gasteiger partial charge in [0.25, 0.3) is 0 Å². The van der Waals surface area contributed by atoms with Crippen LogP contribution in [0.2, 0.25) is 0 Å². The summed E-state index contributed by atoms with van der Waals surface area (Å²) in [6, 6.07) is 18.0. The van der Waals surface area contributed by atoms with Crippen LogP contribution in [0.1, 0.15) is 16.8 Å². The number of aromatic nitrogens is 2. The summed E-state index contributed by atoms with van der Waals surface area (Å²) < 4.78 is 5.37. The average Bonchev–Trinajstić information content (AvgIpc) is 3.30. The number of benzene rings is 2. The molecule has 0 aliphatic rings. The molecule has 0 atom stereocenters. The van der Waals surface area contributed by atoms with Crippen LogP contribution in [0.4, 0.5) is 0 Å². The van der Waals surface area contributed by atoms with Gasteiger partial charge in [-0.1, -0.05) is 53.2 Å². The summed E-state index contributed by atoms with van der Waals surface area (Å²) in [6.07, 6.45) is 2.99. The van der Waals surface area contributed by atoms with E-state index in [0.29, 0.717) is 18.0 Å². The Morgan fingerprint density at radius 1 is 1.15 bits per heavy atom. The molecule has 0 aliphatic carbocycles. The number of hydrogen-bond acceptors (Lipinski definition) is 3. The Labute approximate surface area is 157 Å². The van der Waals surface area contributed by atoms with E-state index in [9.17, 15) is 4.79 Å². The Kier molecular flexibility index (Phi) is 4.75. The van der Waals surface area contributed by atoms with Gasteiger partial charge in [-0.15, -0.1) is 0 Å². The van der Waals surface area contributed by atoms with Crippen molar-refractivity contribution in [3.05, 3.63) is 77.6 Å². The van der Waals surface area contributed by atoms with Gasteiger partial charge >= 0.3 is 0 Å². The summed E-state index contributed by atoms with van der Waals surface area (Å²) >= 11 is 0. The van der Waals surface area contributed by atoms with Crippen molar-refractivity contribution in [1.29, 1.82) is 0 Å². The number of carbonyl (C=O) groups excluding carboxylic acids is 1. The number of nitrogens with zero attached hydrogens (tertiary/aromatic N) is 1. The molecule has 0 radical (unpaired) electrons. The quantitative estimate of drug-likeness (QED) is 0.546. The highest BCUT2D eigenvalue weighted by molar-refractivity contribution is 5.83. The maximum atomic E-state index is 12.2. The van der Waals surface area contributed by atoms with Crippen molar-refractivity contribution in [3.8, 4) is 11.3 Å². The number of rotatable bonds is 6. The third-order valence-electron chi connectivity index (χ3n) is 4.63. The van der Waals surface area contributed by atoms with Crippen molar-refractivity contribution < 1.29 is 9.32 Å². The van der Waals surface area contributed by atoms with Crippen molar-refractivity contribution in [2.75, 3.05) is 6.54 Å². The summed E-state index contributed by atoms with van der Waals surface area (Å²) in [7, 11) is 0. The topological polar surface area (TPSA) is 70.9 Å².